The summed E-state index contributed by atoms with van der Waals surface area (Å²) in [6.07, 6.45) is 4.96. The highest BCUT2D eigenvalue weighted by Crippen LogP contribution is 2.50. The third kappa shape index (κ3) is 2.10. The molecule has 2 aliphatic carbocycles. The topological polar surface area (TPSA) is 26.3 Å². The Labute approximate surface area is 108 Å². The Balaban J connectivity index is 1.60. The van der Waals surface area contributed by atoms with Gasteiger partial charge in [0.2, 0.25) is 0 Å². The summed E-state index contributed by atoms with van der Waals surface area (Å²) in [6, 6.07) is 10.4. The van der Waals surface area contributed by atoms with Crippen molar-refractivity contribution in [3.63, 3.8) is 0 Å². The van der Waals surface area contributed by atoms with Crippen LogP contribution < -0.4 is 0 Å². The summed E-state index contributed by atoms with van der Waals surface area (Å²) < 4.78 is 5.54. The number of Topliss-reactive ketones (excluding diaryl/α,β-unsaturated/α-hetero) is 1. The van der Waals surface area contributed by atoms with Crippen molar-refractivity contribution in [1.29, 1.82) is 0 Å². The molecule has 2 atom stereocenters. The minimum Gasteiger partial charge on any atom is -0.378 e. The summed E-state index contributed by atoms with van der Waals surface area (Å²) in [4.78, 5) is 12.3. The Hall–Kier alpha value is -1.15. The van der Waals surface area contributed by atoms with Crippen molar-refractivity contribution in [3.8, 4) is 0 Å². The Morgan fingerprint density at radius 1 is 1.33 bits per heavy atom. The van der Waals surface area contributed by atoms with E-state index in [0.717, 1.165) is 19.3 Å². The predicted molar refractivity (Wildman–Crippen MR) is 70.5 cm³/mol. The van der Waals surface area contributed by atoms with Crippen LogP contribution in [0.5, 0.6) is 0 Å². The Morgan fingerprint density at radius 2 is 2.06 bits per heavy atom. The molecule has 0 aliphatic heterocycles. The van der Waals surface area contributed by atoms with Crippen LogP contribution in [0.25, 0.3) is 0 Å². The number of carbonyl (C=O) groups excluding carboxylic acids is 1. The van der Waals surface area contributed by atoms with Crippen LogP contribution in [-0.4, -0.2) is 18.5 Å². The monoisotopic (exact) mass is 244 g/mol. The minimum atomic E-state index is -0.110. The van der Waals surface area contributed by atoms with Crippen LogP contribution in [-0.2, 0) is 9.53 Å². The number of benzene rings is 1. The third-order valence-electron chi connectivity index (χ3n) is 4.63. The number of hydrogen-bond acceptors (Lipinski definition) is 2. The number of rotatable bonds is 5. The fourth-order valence-corrected chi connectivity index (χ4v) is 3.09. The Morgan fingerprint density at radius 3 is 2.61 bits per heavy atom. The van der Waals surface area contributed by atoms with E-state index >= 15 is 0 Å². The molecule has 2 saturated carbocycles. The average molecular weight is 244 g/mol. The van der Waals surface area contributed by atoms with Crippen LogP contribution >= 0.6 is 0 Å². The smallest absolute Gasteiger partial charge is 0.139 e. The summed E-state index contributed by atoms with van der Waals surface area (Å²) in [7, 11) is 1.74. The SMILES string of the molecule is COC1(CC(=O)C2CC2c2ccccc2)CCC1. The maximum atomic E-state index is 12.3. The highest BCUT2D eigenvalue weighted by Gasteiger charge is 2.47. The van der Waals surface area contributed by atoms with Gasteiger partial charge in [0.1, 0.15) is 5.78 Å². The molecule has 3 rings (SSSR count). The molecule has 0 heterocycles. The van der Waals surface area contributed by atoms with Gasteiger partial charge in [-0.05, 0) is 37.2 Å². The molecule has 0 N–H and O–H groups in total. The van der Waals surface area contributed by atoms with Crippen LogP contribution in [0.2, 0.25) is 0 Å². The van der Waals surface area contributed by atoms with Crippen LogP contribution in [0.1, 0.15) is 43.6 Å². The molecule has 2 aliphatic rings. The molecule has 0 aromatic heterocycles. The molecule has 1 aromatic carbocycles. The van der Waals surface area contributed by atoms with Crippen molar-refractivity contribution >= 4 is 5.78 Å². The first-order valence-corrected chi connectivity index (χ1v) is 6.87. The fourth-order valence-electron chi connectivity index (χ4n) is 3.09. The van der Waals surface area contributed by atoms with Gasteiger partial charge in [-0.2, -0.15) is 0 Å². The van der Waals surface area contributed by atoms with Gasteiger partial charge in [0.25, 0.3) is 0 Å². The molecule has 2 nitrogen and oxygen atoms in total. The molecule has 0 saturated heterocycles. The number of ether oxygens (including phenoxy) is 1. The summed E-state index contributed by atoms with van der Waals surface area (Å²) in [5.41, 5.74) is 1.21. The molecular formula is C16H20O2. The Kier molecular flexibility index (Phi) is 2.98. The molecule has 2 unspecified atom stereocenters. The molecule has 0 amide bonds. The largest absolute Gasteiger partial charge is 0.378 e. The maximum Gasteiger partial charge on any atom is 0.139 e. The van der Waals surface area contributed by atoms with Crippen LogP contribution in [0, 0.1) is 5.92 Å². The Bertz CT molecular complexity index is 428. The lowest BCUT2D eigenvalue weighted by atomic mass is 9.76. The zero-order valence-electron chi connectivity index (χ0n) is 10.9. The molecule has 18 heavy (non-hydrogen) atoms. The van der Waals surface area contributed by atoms with Crippen molar-refractivity contribution in [2.45, 2.75) is 43.6 Å². The van der Waals surface area contributed by atoms with E-state index < -0.39 is 0 Å². The van der Waals surface area contributed by atoms with Gasteiger partial charge in [-0.1, -0.05) is 30.3 Å². The molecule has 0 bridgehead atoms. The first-order chi connectivity index (χ1) is 8.74. The molecule has 96 valence electrons. The van der Waals surface area contributed by atoms with Gasteiger partial charge >= 0.3 is 0 Å². The van der Waals surface area contributed by atoms with Gasteiger partial charge in [0.05, 0.1) is 5.60 Å². The second-order valence-electron chi connectivity index (χ2n) is 5.74. The lowest BCUT2D eigenvalue weighted by molar-refractivity contribution is -0.133. The fraction of sp³-hybridized carbons (Fsp3) is 0.562. The van der Waals surface area contributed by atoms with E-state index in [0.29, 0.717) is 18.1 Å². The highest BCUT2D eigenvalue weighted by molar-refractivity contribution is 5.86. The predicted octanol–water partition coefficient (Wildman–Crippen LogP) is 3.32. The van der Waals surface area contributed by atoms with E-state index in [1.165, 1.54) is 12.0 Å². The zero-order valence-corrected chi connectivity index (χ0v) is 10.9. The van der Waals surface area contributed by atoms with Gasteiger partial charge < -0.3 is 4.74 Å². The lowest BCUT2D eigenvalue weighted by Crippen LogP contribution is -2.41. The van der Waals surface area contributed by atoms with E-state index in [9.17, 15) is 4.79 Å². The molecule has 0 radical (unpaired) electrons. The number of hydrogen-bond donors (Lipinski definition) is 0. The van der Waals surface area contributed by atoms with Gasteiger partial charge in [0, 0.05) is 19.4 Å². The van der Waals surface area contributed by atoms with Gasteiger partial charge in [-0.3, -0.25) is 4.79 Å². The molecular weight excluding hydrogens is 224 g/mol. The standard InChI is InChI=1S/C16H20O2/c1-18-16(8-5-9-16)11-15(17)14-10-13(14)12-6-3-2-4-7-12/h2-4,6-7,13-14H,5,8-11H2,1H3. The normalized spacial score (nSPS) is 28.5. The second-order valence-corrected chi connectivity index (χ2v) is 5.74. The first-order valence-electron chi connectivity index (χ1n) is 6.87. The van der Waals surface area contributed by atoms with Crippen LogP contribution in [0.4, 0.5) is 0 Å². The van der Waals surface area contributed by atoms with E-state index in [1.807, 2.05) is 6.07 Å². The average Bonchev–Trinajstić information content (AvgIpc) is 3.15. The van der Waals surface area contributed by atoms with Crippen molar-refractivity contribution in [1.82, 2.24) is 0 Å². The summed E-state index contributed by atoms with van der Waals surface area (Å²) in [6.45, 7) is 0. The quantitative estimate of drug-likeness (QED) is 0.794. The molecule has 2 heteroatoms. The van der Waals surface area contributed by atoms with Crippen LogP contribution in [0.3, 0.4) is 0 Å². The van der Waals surface area contributed by atoms with E-state index in [-0.39, 0.29) is 11.5 Å². The highest BCUT2D eigenvalue weighted by atomic mass is 16.5. The summed E-state index contributed by atoms with van der Waals surface area (Å²) >= 11 is 0. The third-order valence-corrected chi connectivity index (χ3v) is 4.63. The molecule has 2 fully saturated rings. The number of methoxy groups -OCH3 is 1. The van der Waals surface area contributed by atoms with Gasteiger partial charge in [-0.25, -0.2) is 0 Å². The van der Waals surface area contributed by atoms with Gasteiger partial charge in [0.15, 0.2) is 0 Å². The van der Waals surface area contributed by atoms with Crippen molar-refractivity contribution < 1.29 is 9.53 Å². The zero-order chi connectivity index (χ0) is 12.6. The first kappa shape index (κ1) is 11.9. The minimum absolute atomic E-state index is 0.110. The van der Waals surface area contributed by atoms with Crippen molar-refractivity contribution in [3.05, 3.63) is 35.9 Å². The second kappa shape index (κ2) is 4.51. The van der Waals surface area contributed by atoms with Crippen LogP contribution in [0.15, 0.2) is 30.3 Å². The van der Waals surface area contributed by atoms with E-state index in [1.54, 1.807) is 7.11 Å². The number of carbonyl (C=O) groups is 1. The maximum absolute atomic E-state index is 12.3. The molecule has 0 spiro atoms. The van der Waals surface area contributed by atoms with Crippen molar-refractivity contribution in [2.75, 3.05) is 7.11 Å². The molecule has 1 aromatic rings. The van der Waals surface area contributed by atoms with Gasteiger partial charge in [-0.15, -0.1) is 0 Å². The van der Waals surface area contributed by atoms with Crippen molar-refractivity contribution in [2.24, 2.45) is 5.92 Å². The van der Waals surface area contributed by atoms with E-state index in [4.69, 9.17) is 4.74 Å². The van der Waals surface area contributed by atoms with E-state index in [2.05, 4.69) is 24.3 Å². The summed E-state index contributed by atoms with van der Waals surface area (Å²) in [5.74, 6) is 1.12. The number of ketones is 1. The lowest BCUT2D eigenvalue weighted by Gasteiger charge is -2.40. The summed E-state index contributed by atoms with van der Waals surface area (Å²) in [5, 5.41) is 0.